The van der Waals surface area contributed by atoms with Crippen molar-refractivity contribution in [3.63, 3.8) is 0 Å². The summed E-state index contributed by atoms with van der Waals surface area (Å²) in [6.45, 7) is 5.12. The fraction of sp³-hybridized carbons (Fsp3) is 0.769. The number of esters is 1. The molecular weight excluding hydrogens is 280 g/mol. The first-order valence-electron chi connectivity index (χ1n) is 6.48. The molecule has 0 aromatic rings. The van der Waals surface area contributed by atoms with E-state index >= 15 is 0 Å². The van der Waals surface area contributed by atoms with Crippen LogP contribution in [0.4, 0.5) is 4.79 Å². The summed E-state index contributed by atoms with van der Waals surface area (Å²) in [4.78, 5) is 39.6. The molecule has 0 radical (unpaired) electrons. The number of methoxy groups -OCH3 is 1. The van der Waals surface area contributed by atoms with Crippen molar-refractivity contribution >= 4 is 18.0 Å². The maximum atomic E-state index is 11.7. The average Bonchev–Trinajstić information content (AvgIpc) is 2.38. The molecule has 0 aliphatic heterocycles. The molecule has 0 saturated heterocycles. The summed E-state index contributed by atoms with van der Waals surface area (Å²) in [6, 6.07) is -0.959. The van der Waals surface area contributed by atoms with Crippen molar-refractivity contribution < 1.29 is 28.7 Å². The van der Waals surface area contributed by atoms with Crippen LogP contribution < -0.4 is 5.32 Å². The Morgan fingerprint density at radius 3 is 2.19 bits per heavy atom. The van der Waals surface area contributed by atoms with Gasteiger partial charge in [0, 0.05) is 13.5 Å². The van der Waals surface area contributed by atoms with Gasteiger partial charge in [-0.15, -0.1) is 0 Å². The molecule has 8 nitrogen and oxygen atoms in total. The molecule has 21 heavy (non-hydrogen) atoms. The fourth-order valence-electron chi connectivity index (χ4n) is 1.37. The van der Waals surface area contributed by atoms with Gasteiger partial charge >= 0.3 is 12.1 Å². The highest BCUT2D eigenvalue weighted by molar-refractivity contribution is 5.82. The lowest BCUT2D eigenvalue weighted by Gasteiger charge is -2.22. The summed E-state index contributed by atoms with van der Waals surface area (Å²) >= 11 is 0. The number of nitrogens with zero attached hydrogens (tertiary/aromatic N) is 1. The zero-order chi connectivity index (χ0) is 16.6. The van der Waals surface area contributed by atoms with Gasteiger partial charge in [-0.1, -0.05) is 0 Å². The van der Waals surface area contributed by atoms with Gasteiger partial charge in [0.05, 0.1) is 14.2 Å². The van der Waals surface area contributed by atoms with Crippen molar-refractivity contribution in [1.82, 2.24) is 10.4 Å². The largest absolute Gasteiger partial charge is 0.467 e. The smallest absolute Gasteiger partial charge is 0.408 e. The predicted molar refractivity (Wildman–Crippen MR) is 74.2 cm³/mol. The molecule has 0 spiro atoms. The van der Waals surface area contributed by atoms with Gasteiger partial charge < -0.3 is 14.8 Å². The van der Waals surface area contributed by atoms with Crippen LogP contribution in [0, 0.1) is 0 Å². The minimum atomic E-state index is -0.959. The number of amides is 2. The summed E-state index contributed by atoms with van der Waals surface area (Å²) in [6.07, 6.45) is -0.649. The Hall–Kier alpha value is -1.83. The lowest BCUT2D eigenvalue weighted by Crippen LogP contribution is -2.44. The second-order valence-corrected chi connectivity index (χ2v) is 5.33. The highest BCUT2D eigenvalue weighted by atomic mass is 16.7. The van der Waals surface area contributed by atoms with E-state index in [-0.39, 0.29) is 18.7 Å². The van der Waals surface area contributed by atoms with Gasteiger partial charge in [0.1, 0.15) is 11.6 Å². The number of carbonyl (C=O) groups excluding carboxylic acids is 3. The van der Waals surface area contributed by atoms with Crippen LogP contribution in [0.5, 0.6) is 0 Å². The van der Waals surface area contributed by atoms with Gasteiger partial charge in [0.2, 0.25) is 5.91 Å². The van der Waals surface area contributed by atoms with Crippen LogP contribution in [-0.2, 0) is 23.9 Å². The topological polar surface area (TPSA) is 94.2 Å². The van der Waals surface area contributed by atoms with Crippen LogP contribution in [0.25, 0.3) is 0 Å². The first kappa shape index (κ1) is 19.2. The van der Waals surface area contributed by atoms with E-state index in [2.05, 4.69) is 10.1 Å². The molecule has 0 saturated carbocycles. The summed E-state index contributed by atoms with van der Waals surface area (Å²) in [5.41, 5.74) is -0.684. The molecule has 2 amide bonds. The quantitative estimate of drug-likeness (QED) is 0.577. The molecule has 0 fully saturated rings. The number of ether oxygens (including phenoxy) is 2. The molecule has 0 heterocycles. The van der Waals surface area contributed by atoms with Gasteiger partial charge in [0.25, 0.3) is 0 Å². The van der Waals surface area contributed by atoms with Crippen molar-refractivity contribution in [2.24, 2.45) is 0 Å². The Kier molecular flexibility index (Phi) is 7.72. The summed E-state index contributed by atoms with van der Waals surface area (Å²) in [7, 11) is 4.01. The minimum Gasteiger partial charge on any atom is -0.467 e. The molecule has 0 unspecified atom stereocenters. The third-order valence-electron chi connectivity index (χ3n) is 2.45. The van der Waals surface area contributed by atoms with E-state index in [9.17, 15) is 14.4 Å². The van der Waals surface area contributed by atoms with Crippen molar-refractivity contribution in [3.05, 3.63) is 0 Å². The van der Waals surface area contributed by atoms with E-state index in [0.717, 1.165) is 5.06 Å². The standard InChI is InChI=1S/C13H24N2O6/c1-13(2,3)21-12(18)14-9(11(17)19-5)7-8-10(16)15(4)20-6/h9H,7-8H2,1-6H3,(H,14,18)/t9-/m0/s1. The Labute approximate surface area is 124 Å². The zero-order valence-corrected chi connectivity index (χ0v) is 13.4. The van der Waals surface area contributed by atoms with E-state index in [1.807, 2.05) is 0 Å². The monoisotopic (exact) mass is 304 g/mol. The lowest BCUT2D eigenvalue weighted by atomic mass is 10.1. The Bertz CT molecular complexity index is 377. The Morgan fingerprint density at radius 2 is 1.76 bits per heavy atom. The number of carbonyl (C=O) groups is 3. The second kappa shape index (κ2) is 8.46. The molecule has 0 aromatic carbocycles. The maximum absolute atomic E-state index is 11.7. The molecule has 0 bridgehead atoms. The summed E-state index contributed by atoms with van der Waals surface area (Å²) in [5, 5.41) is 3.43. The van der Waals surface area contributed by atoms with Gasteiger partial charge in [-0.2, -0.15) is 0 Å². The molecule has 0 aliphatic carbocycles. The van der Waals surface area contributed by atoms with Gasteiger partial charge in [-0.25, -0.2) is 14.7 Å². The van der Waals surface area contributed by atoms with Crippen molar-refractivity contribution in [2.75, 3.05) is 21.3 Å². The third-order valence-corrected chi connectivity index (χ3v) is 2.45. The van der Waals surface area contributed by atoms with E-state index in [0.29, 0.717) is 0 Å². The second-order valence-electron chi connectivity index (χ2n) is 5.33. The number of hydrogen-bond acceptors (Lipinski definition) is 6. The van der Waals surface area contributed by atoms with Crippen LogP contribution in [0.1, 0.15) is 33.6 Å². The molecule has 1 N–H and O–H groups in total. The summed E-state index contributed by atoms with van der Waals surface area (Å²) in [5.74, 6) is -0.967. The number of hydroxylamine groups is 2. The van der Waals surface area contributed by atoms with Crippen LogP contribution in [0.2, 0.25) is 0 Å². The summed E-state index contributed by atoms with van der Waals surface area (Å²) < 4.78 is 9.66. The third kappa shape index (κ3) is 8.13. The maximum Gasteiger partial charge on any atom is 0.408 e. The average molecular weight is 304 g/mol. The fourth-order valence-corrected chi connectivity index (χ4v) is 1.37. The highest BCUT2D eigenvalue weighted by Gasteiger charge is 2.26. The number of hydrogen-bond donors (Lipinski definition) is 1. The van der Waals surface area contributed by atoms with Crippen LogP contribution in [-0.4, -0.2) is 55.9 Å². The van der Waals surface area contributed by atoms with Gasteiger partial charge in [-0.3, -0.25) is 9.63 Å². The molecule has 0 aromatic heterocycles. The predicted octanol–water partition coefficient (Wildman–Crippen LogP) is 0.853. The van der Waals surface area contributed by atoms with Crippen LogP contribution in [0.15, 0.2) is 0 Å². The first-order chi connectivity index (χ1) is 9.60. The minimum absolute atomic E-state index is 0.0138. The molecule has 122 valence electrons. The van der Waals surface area contributed by atoms with E-state index in [1.54, 1.807) is 20.8 Å². The van der Waals surface area contributed by atoms with Crippen molar-refractivity contribution in [2.45, 2.75) is 45.3 Å². The first-order valence-corrected chi connectivity index (χ1v) is 6.48. The van der Waals surface area contributed by atoms with Gasteiger partial charge in [-0.05, 0) is 27.2 Å². The van der Waals surface area contributed by atoms with Crippen molar-refractivity contribution in [1.29, 1.82) is 0 Å². The Balaban J connectivity index is 4.57. The Morgan fingerprint density at radius 1 is 1.19 bits per heavy atom. The number of rotatable bonds is 6. The number of alkyl carbamates (subject to hydrolysis) is 1. The normalized spacial score (nSPS) is 12.3. The van der Waals surface area contributed by atoms with E-state index in [4.69, 9.17) is 9.57 Å². The molecular formula is C13H24N2O6. The van der Waals surface area contributed by atoms with E-state index in [1.165, 1.54) is 21.3 Å². The zero-order valence-electron chi connectivity index (χ0n) is 13.4. The molecule has 0 rings (SSSR count). The van der Waals surface area contributed by atoms with Crippen LogP contribution in [0.3, 0.4) is 0 Å². The number of nitrogens with one attached hydrogen (secondary N) is 1. The van der Waals surface area contributed by atoms with Crippen molar-refractivity contribution in [3.8, 4) is 0 Å². The van der Waals surface area contributed by atoms with Crippen LogP contribution >= 0.6 is 0 Å². The van der Waals surface area contributed by atoms with E-state index < -0.39 is 23.7 Å². The van der Waals surface area contributed by atoms with Gasteiger partial charge in [0.15, 0.2) is 0 Å². The lowest BCUT2D eigenvalue weighted by molar-refractivity contribution is -0.169. The SMILES string of the molecule is COC(=O)[C@H](CCC(=O)N(C)OC)NC(=O)OC(C)(C)C. The molecule has 8 heteroatoms. The highest BCUT2D eigenvalue weighted by Crippen LogP contribution is 2.08. The molecule has 0 aliphatic rings. The molecule has 1 atom stereocenters.